The van der Waals surface area contributed by atoms with Crippen LogP contribution in [0.2, 0.25) is 0 Å². The topological polar surface area (TPSA) is 82.3 Å². The number of rotatable bonds is 8. The van der Waals surface area contributed by atoms with Crippen LogP contribution in [0, 0.1) is 0 Å². The number of fused-ring (bicyclic) bond motifs is 1. The van der Waals surface area contributed by atoms with Gasteiger partial charge in [-0.2, -0.15) is 22.9 Å². The lowest BCUT2D eigenvalue weighted by atomic mass is 10.2. The van der Waals surface area contributed by atoms with Crippen LogP contribution >= 0.6 is 0 Å². The van der Waals surface area contributed by atoms with Crippen molar-refractivity contribution in [3.05, 3.63) is 35.9 Å². The molecule has 0 spiro atoms. The Morgan fingerprint density at radius 2 is 1.62 bits per heavy atom. The molecule has 40 heavy (non-hydrogen) atoms. The number of amidine groups is 1. The number of amides is 1. The van der Waals surface area contributed by atoms with Gasteiger partial charge in [0.1, 0.15) is 18.2 Å². The van der Waals surface area contributed by atoms with Gasteiger partial charge in [-0.05, 0) is 30.7 Å². The van der Waals surface area contributed by atoms with E-state index in [1.54, 1.807) is 0 Å². The second-order valence-corrected chi connectivity index (χ2v) is 10.4. The monoisotopic (exact) mass is 562 g/mol. The first-order valence-electron chi connectivity index (χ1n) is 14.1. The third-order valence-electron chi connectivity index (χ3n) is 7.74. The molecule has 2 fully saturated rings. The van der Waals surface area contributed by atoms with E-state index in [1.807, 2.05) is 29.2 Å². The number of anilines is 1. The van der Waals surface area contributed by atoms with Crippen molar-refractivity contribution in [3.8, 4) is 5.75 Å². The SMILES string of the molecule is CCCCC(=O)N1CCN(CCOc2ccc(N3CCN(C4=Nn5c(nnc5C(F)(F)F)CC4)CC3)cc2)CC1. The molecule has 0 radical (unpaired) electrons. The minimum Gasteiger partial charge on any atom is -0.492 e. The maximum absolute atomic E-state index is 13.2. The number of carbonyl (C=O) groups is 1. The normalized spacial score (nSPS) is 18.5. The molecule has 0 unspecified atom stereocenters. The Hall–Kier alpha value is -3.35. The van der Waals surface area contributed by atoms with Crippen molar-refractivity contribution < 1.29 is 22.7 Å². The average molecular weight is 563 g/mol. The lowest BCUT2D eigenvalue weighted by Gasteiger charge is -2.38. The summed E-state index contributed by atoms with van der Waals surface area (Å²) in [6, 6.07) is 8.04. The van der Waals surface area contributed by atoms with Crippen molar-refractivity contribution >= 4 is 17.4 Å². The van der Waals surface area contributed by atoms with E-state index in [2.05, 4.69) is 36.9 Å². The highest BCUT2D eigenvalue weighted by Crippen LogP contribution is 2.30. The molecule has 3 aliphatic rings. The summed E-state index contributed by atoms with van der Waals surface area (Å²) in [6.07, 6.45) is -0.999. The van der Waals surface area contributed by atoms with Gasteiger partial charge in [-0.3, -0.25) is 9.69 Å². The summed E-state index contributed by atoms with van der Waals surface area (Å²) in [5, 5.41) is 11.2. The van der Waals surface area contributed by atoms with Gasteiger partial charge in [0, 0.05) is 83.9 Å². The highest BCUT2D eigenvalue weighted by molar-refractivity contribution is 5.83. The Kier molecular flexibility index (Phi) is 8.77. The Balaban J connectivity index is 1.05. The second kappa shape index (κ2) is 12.4. The van der Waals surface area contributed by atoms with Crippen molar-refractivity contribution in [1.29, 1.82) is 0 Å². The molecule has 13 heteroatoms. The number of hydrogen-bond acceptors (Lipinski definition) is 8. The maximum atomic E-state index is 13.2. The molecule has 0 N–H and O–H groups in total. The van der Waals surface area contributed by atoms with Gasteiger partial charge in [0.25, 0.3) is 5.82 Å². The third-order valence-corrected chi connectivity index (χ3v) is 7.74. The minimum atomic E-state index is -4.59. The molecule has 218 valence electrons. The molecule has 3 aliphatic heterocycles. The van der Waals surface area contributed by atoms with Gasteiger partial charge in [-0.25, -0.2) is 0 Å². The Labute approximate surface area is 232 Å². The number of aryl methyl sites for hydroxylation is 1. The predicted molar refractivity (Wildman–Crippen MR) is 144 cm³/mol. The third kappa shape index (κ3) is 6.68. The fraction of sp³-hybridized carbons (Fsp3) is 0.630. The number of piperazine rings is 2. The first kappa shape index (κ1) is 28.2. The molecule has 0 aliphatic carbocycles. The first-order chi connectivity index (χ1) is 19.3. The first-order valence-corrected chi connectivity index (χ1v) is 14.1. The molecule has 1 amide bonds. The summed E-state index contributed by atoms with van der Waals surface area (Å²) in [5.41, 5.74) is 1.09. The van der Waals surface area contributed by atoms with E-state index in [1.165, 1.54) is 0 Å². The van der Waals surface area contributed by atoms with E-state index in [0.29, 0.717) is 44.8 Å². The molecule has 5 rings (SSSR count). The zero-order valence-electron chi connectivity index (χ0n) is 22.9. The number of ether oxygens (including phenoxy) is 1. The lowest BCUT2D eigenvalue weighted by Crippen LogP contribution is -2.49. The van der Waals surface area contributed by atoms with E-state index in [4.69, 9.17) is 4.74 Å². The fourth-order valence-electron chi connectivity index (χ4n) is 5.34. The average Bonchev–Trinajstić information content (AvgIpc) is 3.41. The van der Waals surface area contributed by atoms with Crippen LogP contribution in [-0.2, 0) is 17.4 Å². The number of halogens is 3. The lowest BCUT2D eigenvalue weighted by molar-refractivity contribution is -0.147. The van der Waals surface area contributed by atoms with Gasteiger partial charge >= 0.3 is 6.18 Å². The molecular weight excluding hydrogens is 525 g/mol. The predicted octanol–water partition coefficient (Wildman–Crippen LogP) is 2.94. The van der Waals surface area contributed by atoms with Crippen LogP contribution in [0.15, 0.2) is 29.4 Å². The van der Waals surface area contributed by atoms with Crippen LogP contribution in [0.1, 0.15) is 44.3 Å². The molecule has 4 heterocycles. The van der Waals surface area contributed by atoms with Crippen molar-refractivity contribution in [2.75, 3.05) is 70.4 Å². The molecule has 0 saturated carbocycles. The number of aromatic nitrogens is 3. The summed E-state index contributed by atoms with van der Waals surface area (Å²) in [6.45, 7) is 9.68. The van der Waals surface area contributed by atoms with E-state index in [9.17, 15) is 18.0 Å². The number of unbranched alkanes of at least 4 members (excludes halogenated alkanes) is 1. The highest BCUT2D eigenvalue weighted by Gasteiger charge is 2.40. The molecule has 10 nitrogen and oxygen atoms in total. The van der Waals surface area contributed by atoms with Crippen LogP contribution in [0.25, 0.3) is 0 Å². The quantitative estimate of drug-likeness (QED) is 0.490. The largest absolute Gasteiger partial charge is 0.492 e. The molecule has 0 atom stereocenters. The van der Waals surface area contributed by atoms with Gasteiger partial charge in [-0.1, -0.05) is 13.3 Å². The van der Waals surface area contributed by atoms with Crippen LogP contribution in [0.4, 0.5) is 18.9 Å². The number of hydrogen-bond donors (Lipinski definition) is 0. The van der Waals surface area contributed by atoms with E-state index >= 15 is 0 Å². The Bertz CT molecular complexity index is 1170. The van der Waals surface area contributed by atoms with Crippen molar-refractivity contribution in [1.82, 2.24) is 29.6 Å². The summed E-state index contributed by atoms with van der Waals surface area (Å²) in [4.78, 5) is 20.8. The van der Waals surface area contributed by atoms with Crippen LogP contribution in [-0.4, -0.2) is 107 Å². The Morgan fingerprint density at radius 3 is 2.30 bits per heavy atom. The summed E-state index contributed by atoms with van der Waals surface area (Å²) >= 11 is 0. The van der Waals surface area contributed by atoms with Gasteiger partial charge in [-0.15, -0.1) is 10.2 Å². The smallest absolute Gasteiger partial charge is 0.453 e. The van der Waals surface area contributed by atoms with Crippen molar-refractivity contribution in [2.45, 2.75) is 45.2 Å². The summed E-state index contributed by atoms with van der Waals surface area (Å²) in [7, 11) is 0. The number of alkyl halides is 3. The number of nitrogens with zero attached hydrogens (tertiary/aromatic N) is 8. The molecule has 2 aromatic rings. The summed E-state index contributed by atoms with van der Waals surface area (Å²) < 4.78 is 46.5. The van der Waals surface area contributed by atoms with E-state index in [-0.39, 0.29) is 11.7 Å². The van der Waals surface area contributed by atoms with Crippen LogP contribution in [0.5, 0.6) is 5.75 Å². The Morgan fingerprint density at radius 1 is 0.925 bits per heavy atom. The van der Waals surface area contributed by atoms with Crippen LogP contribution in [0.3, 0.4) is 0 Å². The van der Waals surface area contributed by atoms with Gasteiger partial charge in [0.15, 0.2) is 5.82 Å². The van der Waals surface area contributed by atoms with Crippen molar-refractivity contribution in [2.24, 2.45) is 5.10 Å². The molecule has 1 aromatic heterocycles. The molecule has 2 saturated heterocycles. The van der Waals surface area contributed by atoms with Crippen LogP contribution < -0.4 is 9.64 Å². The second-order valence-electron chi connectivity index (χ2n) is 10.4. The molecule has 0 bridgehead atoms. The maximum Gasteiger partial charge on any atom is 0.453 e. The van der Waals surface area contributed by atoms with Crippen molar-refractivity contribution in [3.63, 3.8) is 0 Å². The highest BCUT2D eigenvalue weighted by atomic mass is 19.4. The van der Waals surface area contributed by atoms with E-state index < -0.39 is 12.0 Å². The van der Waals surface area contributed by atoms with Gasteiger partial charge in [0.2, 0.25) is 5.91 Å². The minimum absolute atomic E-state index is 0.244. The zero-order chi connectivity index (χ0) is 28.1. The fourth-order valence-corrected chi connectivity index (χ4v) is 5.34. The number of benzene rings is 1. The van der Waals surface area contributed by atoms with E-state index in [0.717, 1.165) is 74.8 Å². The summed E-state index contributed by atoms with van der Waals surface area (Å²) in [5.74, 6) is 0.904. The molecule has 1 aromatic carbocycles. The van der Waals surface area contributed by atoms with Gasteiger partial charge in [0.05, 0.1) is 0 Å². The molecular formula is C27H37F3N8O2. The van der Waals surface area contributed by atoms with Gasteiger partial charge < -0.3 is 19.4 Å². The number of carbonyl (C=O) groups excluding carboxylic acids is 1. The zero-order valence-corrected chi connectivity index (χ0v) is 22.9. The standard InChI is InChI=1S/C27H37F3N8O2/c1-2-3-4-25(39)37-13-11-34(12-14-37)19-20-40-22-7-5-21(6-8-22)35-15-17-36(18-16-35)24-10-9-23-31-32-26(27(28,29)30)38(23)33-24/h5-8H,2-4,9-20H2,1H3.